The Morgan fingerprint density at radius 3 is 2.62 bits per heavy atom. The van der Waals surface area contributed by atoms with Crippen LogP contribution in [0.5, 0.6) is 0 Å². The molecule has 1 saturated carbocycles. The van der Waals surface area contributed by atoms with Crippen LogP contribution in [0, 0.1) is 0 Å². The van der Waals surface area contributed by atoms with E-state index in [1.807, 2.05) is 0 Å². The minimum atomic E-state index is -0.916. The van der Waals surface area contributed by atoms with E-state index in [2.05, 4.69) is 10.6 Å². The highest BCUT2D eigenvalue weighted by atomic mass is 16.4. The van der Waals surface area contributed by atoms with Crippen molar-refractivity contribution in [3.63, 3.8) is 0 Å². The zero-order chi connectivity index (χ0) is 15.3. The number of hydrogen-bond donors (Lipinski definition) is 3. The number of furan rings is 1. The molecule has 0 aliphatic heterocycles. The van der Waals surface area contributed by atoms with Gasteiger partial charge in [-0.2, -0.15) is 0 Å². The quantitative estimate of drug-likeness (QED) is 0.692. The molecule has 1 fully saturated rings. The van der Waals surface area contributed by atoms with E-state index in [-0.39, 0.29) is 37.0 Å². The van der Waals surface area contributed by atoms with Crippen molar-refractivity contribution in [2.75, 3.05) is 6.54 Å². The molecule has 0 unspecified atom stereocenters. The molecule has 2 amide bonds. The standard InChI is InChI=1S/C14H18N2O5/c17-11(16-14(5-2-6-14)9-12(18)19)4-7-15-13(20)10-3-1-8-21-10/h1,3,8H,2,4-7,9H2,(H,15,20)(H,16,17)(H,18,19). The highest BCUT2D eigenvalue weighted by molar-refractivity contribution is 5.91. The molecule has 1 aliphatic carbocycles. The minimum absolute atomic E-state index is 0.0580. The van der Waals surface area contributed by atoms with Gasteiger partial charge in [-0.3, -0.25) is 14.4 Å². The van der Waals surface area contributed by atoms with Crippen molar-refractivity contribution in [3.8, 4) is 0 Å². The second kappa shape index (κ2) is 6.43. The highest BCUT2D eigenvalue weighted by Crippen LogP contribution is 2.34. The second-order valence-corrected chi connectivity index (χ2v) is 5.24. The normalized spacial score (nSPS) is 15.8. The largest absolute Gasteiger partial charge is 0.481 e. The molecular formula is C14H18N2O5. The molecule has 0 aromatic carbocycles. The Morgan fingerprint density at radius 2 is 2.10 bits per heavy atom. The number of carboxylic acids is 1. The lowest BCUT2D eigenvalue weighted by atomic mass is 9.74. The molecule has 7 heteroatoms. The number of aliphatic carboxylic acids is 1. The second-order valence-electron chi connectivity index (χ2n) is 5.24. The molecule has 21 heavy (non-hydrogen) atoms. The lowest BCUT2D eigenvalue weighted by Crippen LogP contribution is -2.55. The molecule has 7 nitrogen and oxygen atoms in total. The van der Waals surface area contributed by atoms with Gasteiger partial charge in [0.25, 0.3) is 5.91 Å². The Kier molecular flexibility index (Phi) is 4.62. The minimum Gasteiger partial charge on any atom is -0.481 e. The van der Waals surface area contributed by atoms with Crippen LogP contribution in [0.15, 0.2) is 22.8 Å². The van der Waals surface area contributed by atoms with Gasteiger partial charge in [-0.15, -0.1) is 0 Å². The summed E-state index contributed by atoms with van der Waals surface area (Å²) in [4.78, 5) is 34.2. The fraction of sp³-hybridized carbons (Fsp3) is 0.500. The van der Waals surface area contributed by atoms with Crippen molar-refractivity contribution in [3.05, 3.63) is 24.2 Å². The van der Waals surface area contributed by atoms with E-state index >= 15 is 0 Å². The van der Waals surface area contributed by atoms with Crippen LogP contribution in [0.2, 0.25) is 0 Å². The molecule has 1 aromatic heterocycles. The third-order valence-corrected chi connectivity index (χ3v) is 3.59. The van der Waals surface area contributed by atoms with Gasteiger partial charge >= 0.3 is 5.97 Å². The van der Waals surface area contributed by atoms with Crippen molar-refractivity contribution in [1.29, 1.82) is 0 Å². The Morgan fingerprint density at radius 1 is 1.33 bits per heavy atom. The molecule has 1 heterocycles. The van der Waals surface area contributed by atoms with Crippen LogP contribution in [0.1, 0.15) is 42.7 Å². The summed E-state index contributed by atoms with van der Waals surface area (Å²) in [7, 11) is 0. The van der Waals surface area contributed by atoms with Crippen LogP contribution in [0.25, 0.3) is 0 Å². The van der Waals surface area contributed by atoms with Crippen LogP contribution < -0.4 is 10.6 Å². The van der Waals surface area contributed by atoms with E-state index in [1.54, 1.807) is 6.07 Å². The van der Waals surface area contributed by atoms with Crippen LogP contribution in [0.4, 0.5) is 0 Å². The van der Waals surface area contributed by atoms with Crippen LogP contribution in [-0.2, 0) is 9.59 Å². The van der Waals surface area contributed by atoms with Crippen LogP contribution >= 0.6 is 0 Å². The summed E-state index contributed by atoms with van der Waals surface area (Å²) in [6.07, 6.45) is 3.73. The van der Waals surface area contributed by atoms with E-state index < -0.39 is 11.5 Å². The fourth-order valence-electron chi connectivity index (χ4n) is 2.38. The van der Waals surface area contributed by atoms with Gasteiger partial charge in [-0.05, 0) is 31.4 Å². The summed E-state index contributed by atoms with van der Waals surface area (Å²) in [5.41, 5.74) is -0.603. The summed E-state index contributed by atoms with van der Waals surface area (Å²) in [5, 5.41) is 14.2. The van der Waals surface area contributed by atoms with E-state index in [9.17, 15) is 14.4 Å². The topological polar surface area (TPSA) is 109 Å². The zero-order valence-electron chi connectivity index (χ0n) is 11.6. The Hall–Kier alpha value is -2.31. The number of hydrogen-bond acceptors (Lipinski definition) is 4. The molecule has 0 bridgehead atoms. The van der Waals surface area contributed by atoms with Gasteiger partial charge < -0.3 is 20.2 Å². The first-order valence-corrected chi connectivity index (χ1v) is 6.85. The van der Waals surface area contributed by atoms with E-state index in [1.165, 1.54) is 12.3 Å². The predicted octanol–water partition coefficient (Wildman–Crippen LogP) is 0.913. The number of carboxylic acid groups (broad SMARTS) is 1. The van der Waals surface area contributed by atoms with Crippen molar-refractivity contribution in [2.45, 2.75) is 37.6 Å². The van der Waals surface area contributed by atoms with Crippen molar-refractivity contribution in [1.82, 2.24) is 10.6 Å². The van der Waals surface area contributed by atoms with Gasteiger partial charge in [0.05, 0.1) is 18.2 Å². The van der Waals surface area contributed by atoms with E-state index in [4.69, 9.17) is 9.52 Å². The first-order valence-electron chi connectivity index (χ1n) is 6.85. The number of amides is 2. The Labute approximate surface area is 121 Å². The molecule has 114 valence electrons. The van der Waals surface area contributed by atoms with Crippen molar-refractivity contribution in [2.24, 2.45) is 0 Å². The molecule has 0 saturated heterocycles. The molecule has 0 radical (unpaired) electrons. The van der Waals surface area contributed by atoms with Crippen molar-refractivity contribution >= 4 is 17.8 Å². The maximum absolute atomic E-state index is 11.8. The Bertz CT molecular complexity index is 519. The molecule has 2 rings (SSSR count). The summed E-state index contributed by atoms with van der Waals surface area (Å²) in [6, 6.07) is 3.14. The van der Waals surface area contributed by atoms with Gasteiger partial charge in [-0.25, -0.2) is 0 Å². The Balaban J connectivity index is 1.72. The third-order valence-electron chi connectivity index (χ3n) is 3.59. The summed E-state index contributed by atoms with van der Waals surface area (Å²) in [6.45, 7) is 0.175. The van der Waals surface area contributed by atoms with Gasteiger partial charge in [0, 0.05) is 13.0 Å². The molecule has 1 aliphatic rings. The SMILES string of the molecule is O=C(O)CC1(NC(=O)CCNC(=O)c2ccco2)CCC1. The molecule has 0 spiro atoms. The number of rotatable bonds is 7. The first kappa shape index (κ1) is 15.1. The third kappa shape index (κ3) is 4.08. The van der Waals surface area contributed by atoms with Crippen LogP contribution in [0.3, 0.4) is 0 Å². The average Bonchev–Trinajstić information content (AvgIpc) is 2.89. The zero-order valence-corrected chi connectivity index (χ0v) is 11.6. The highest BCUT2D eigenvalue weighted by Gasteiger charge is 2.40. The molecule has 1 aromatic rings. The first-order chi connectivity index (χ1) is 10.0. The summed E-state index contributed by atoms with van der Waals surface area (Å²) < 4.78 is 4.93. The molecule has 3 N–H and O–H groups in total. The monoisotopic (exact) mass is 294 g/mol. The van der Waals surface area contributed by atoms with Crippen LogP contribution in [-0.4, -0.2) is 35.0 Å². The lowest BCUT2D eigenvalue weighted by Gasteiger charge is -2.41. The van der Waals surface area contributed by atoms with Crippen molar-refractivity contribution < 1.29 is 23.9 Å². The van der Waals surface area contributed by atoms with E-state index in [0.717, 1.165) is 6.42 Å². The average molecular weight is 294 g/mol. The van der Waals surface area contributed by atoms with E-state index in [0.29, 0.717) is 12.8 Å². The van der Waals surface area contributed by atoms with Gasteiger partial charge in [-0.1, -0.05) is 0 Å². The molecular weight excluding hydrogens is 276 g/mol. The number of carbonyl (C=O) groups excluding carboxylic acids is 2. The summed E-state index contributed by atoms with van der Waals surface area (Å²) in [5.74, 6) is -1.36. The van der Waals surface area contributed by atoms with Gasteiger partial charge in [0.1, 0.15) is 0 Å². The van der Waals surface area contributed by atoms with Gasteiger partial charge in [0.15, 0.2) is 5.76 Å². The predicted molar refractivity (Wildman–Crippen MR) is 72.6 cm³/mol. The molecule has 0 atom stereocenters. The number of carbonyl (C=O) groups is 3. The summed E-state index contributed by atoms with van der Waals surface area (Å²) >= 11 is 0. The number of nitrogens with one attached hydrogen (secondary N) is 2. The maximum Gasteiger partial charge on any atom is 0.305 e. The fourth-order valence-corrected chi connectivity index (χ4v) is 2.38. The maximum atomic E-state index is 11.8. The lowest BCUT2D eigenvalue weighted by molar-refractivity contribution is -0.140. The smallest absolute Gasteiger partial charge is 0.305 e. The van der Waals surface area contributed by atoms with Gasteiger partial charge in [0.2, 0.25) is 5.91 Å².